The molecule has 0 aliphatic heterocycles. The van der Waals surface area contributed by atoms with E-state index in [9.17, 15) is 19.4 Å². The van der Waals surface area contributed by atoms with Crippen LogP contribution in [0, 0.1) is 0 Å². The summed E-state index contributed by atoms with van der Waals surface area (Å²) in [7, 11) is 1.55. The largest absolute Gasteiger partial charge is 0.472 e. The van der Waals surface area contributed by atoms with Crippen LogP contribution >= 0.6 is 7.82 Å². The van der Waals surface area contributed by atoms with Crippen molar-refractivity contribution in [2.24, 2.45) is 0 Å². The van der Waals surface area contributed by atoms with E-state index in [0.717, 1.165) is 51.4 Å². The first-order chi connectivity index (χ1) is 35.5. The summed E-state index contributed by atoms with van der Waals surface area (Å²) in [4.78, 5) is 23.2. The molecule has 0 aromatic carbocycles. The Hall–Kier alpha value is -1.28. The minimum absolute atomic E-state index is 0.0545. The number of nitrogens with zero attached hydrogens (tertiary/aromatic N) is 1. The SMILES string of the molecule is CC/C=C/CC/C=C/CC/C=C/C(O)C(COP(=O)(O)OCC[N+](C)(C)C)NC(=O)CCCCCCCCCCCCCCCCCCCCCCCCCCCCCCCCCCCCCCCCCCC. The number of nitrogens with one attached hydrogen (secondary N) is 1. The summed E-state index contributed by atoms with van der Waals surface area (Å²) < 4.78 is 23.6. The number of rotatable bonds is 59. The topological polar surface area (TPSA) is 105 Å². The highest BCUT2D eigenvalue weighted by Crippen LogP contribution is 2.43. The van der Waals surface area contributed by atoms with Gasteiger partial charge in [0.1, 0.15) is 13.2 Å². The maximum absolute atomic E-state index is 12.9. The molecule has 0 saturated heterocycles. The molecule has 8 nitrogen and oxygen atoms in total. The lowest BCUT2D eigenvalue weighted by Gasteiger charge is -2.25. The number of aliphatic hydroxyl groups is 1. The summed E-state index contributed by atoms with van der Waals surface area (Å²) in [5, 5.41) is 13.8. The lowest BCUT2D eigenvalue weighted by atomic mass is 10.0. The minimum Gasteiger partial charge on any atom is -0.387 e. The van der Waals surface area contributed by atoms with Gasteiger partial charge in [0, 0.05) is 6.42 Å². The van der Waals surface area contributed by atoms with E-state index in [-0.39, 0.29) is 19.1 Å². The molecule has 0 heterocycles. The monoisotopic (exact) mass is 1050 g/mol. The molecule has 0 spiro atoms. The predicted molar refractivity (Wildman–Crippen MR) is 318 cm³/mol. The van der Waals surface area contributed by atoms with E-state index in [2.05, 4.69) is 43.5 Å². The van der Waals surface area contributed by atoms with Crippen molar-refractivity contribution in [3.63, 3.8) is 0 Å². The van der Waals surface area contributed by atoms with E-state index in [1.807, 2.05) is 27.2 Å². The zero-order chi connectivity index (χ0) is 53.5. The molecule has 3 N–H and O–H groups in total. The highest BCUT2D eigenvalue weighted by atomic mass is 31.2. The van der Waals surface area contributed by atoms with Crippen molar-refractivity contribution < 1.29 is 32.9 Å². The van der Waals surface area contributed by atoms with Gasteiger partial charge >= 0.3 is 7.82 Å². The Labute approximate surface area is 455 Å². The number of unbranched alkanes of at least 4 members (excludes halogenated alkanes) is 42. The second kappa shape index (κ2) is 55.5. The first-order valence-electron chi connectivity index (χ1n) is 31.9. The Morgan fingerprint density at radius 1 is 0.466 bits per heavy atom. The lowest BCUT2D eigenvalue weighted by Crippen LogP contribution is -2.45. The summed E-state index contributed by atoms with van der Waals surface area (Å²) >= 11 is 0. The number of carbonyl (C=O) groups excluding carboxylic acids is 1. The molecular weight excluding hydrogens is 924 g/mol. The van der Waals surface area contributed by atoms with Gasteiger partial charge in [-0.15, -0.1) is 0 Å². The van der Waals surface area contributed by atoms with Crippen LogP contribution in [0.2, 0.25) is 0 Å². The van der Waals surface area contributed by atoms with E-state index < -0.39 is 20.0 Å². The van der Waals surface area contributed by atoms with E-state index in [1.165, 1.54) is 244 Å². The highest BCUT2D eigenvalue weighted by Gasteiger charge is 2.27. The van der Waals surface area contributed by atoms with Gasteiger partial charge in [-0.3, -0.25) is 13.8 Å². The van der Waals surface area contributed by atoms with Crippen LogP contribution in [-0.4, -0.2) is 73.4 Å². The summed E-state index contributed by atoms with van der Waals surface area (Å²) in [6, 6.07) is -0.866. The van der Waals surface area contributed by atoms with Crippen molar-refractivity contribution in [3.8, 4) is 0 Å². The first-order valence-corrected chi connectivity index (χ1v) is 33.4. The number of hydrogen-bond donors (Lipinski definition) is 3. The third-order valence-electron chi connectivity index (χ3n) is 14.6. The van der Waals surface area contributed by atoms with Crippen molar-refractivity contribution in [2.75, 3.05) is 40.9 Å². The third-order valence-corrected chi connectivity index (χ3v) is 15.6. The zero-order valence-electron chi connectivity index (χ0n) is 49.4. The van der Waals surface area contributed by atoms with Crippen LogP contribution in [0.5, 0.6) is 0 Å². The quantitative estimate of drug-likeness (QED) is 0.0243. The molecule has 0 radical (unpaired) electrons. The number of allylic oxidation sites excluding steroid dienone is 5. The van der Waals surface area contributed by atoms with Gasteiger partial charge in [-0.2, -0.15) is 0 Å². The van der Waals surface area contributed by atoms with Crippen LogP contribution in [-0.2, 0) is 18.4 Å². The first kappa shape index (κ1) is 71.7. The van der Waals surface area contributed by atoms with Crippen LogP contribution in [0.1, 0.15) is 316 Å². The molecule has 0 saturated carbocycles. The van der Waals surface area contributed by atoms with Gasteiger partial charge in [0.15, 0.2) is 0 Å². The Balaban J connectivity index is 3.75. The molecule has 0 aliphatic carbocycles. The number of phosphoric acid groups is 1. The third kappa shape index (κ3) is 58.2. The Morgan fingerprint density at radius 2 is 0.767 bits per heavy atom. The van der Waals surface area contributed by atoms with Crippen molar-refractivity contribution in [1.29, 1.82) is 0 Å². The van der Waals surface area contributed by atoms with Gasteiger partial charge in [0.05, 0.1) is 39.9 Å². The minimum atomic E-state index is -4.35. The highest BCUT2D eigenvalue weighted by molar-refractivity contribution is 7.47. The molecule has 432 valence electrons. The van der Waals surface area contributed by atoms with E-state index in [1.54, 1.807) is 6.08 Å². The number of quaternary nitrogens is 1. The van der Waals surface area contributed by atoms with Gasteiger partial charge in [-0.05, 0) is 38.5 Å². The number of likely N-dealkylation sites (N-methyl/N-ethyl adjacent to an activating group) is 1. The fourth-order valence-corrected chi connectivity index (χ4v) is 10.4. The molecule has 0 aromatic rings. The molecule has 9 heteroatoms. The number of aliphatic hydroxyl groups excluding tert-OH is 1. The van der Waals surface area contributed by atoms with Gasteiger partial charge in [-0.25, -0.2) is 4.57 Å². The second-order valence-electron chi connectivity index (χ2n) is 23.1. The predicted octanol–water partition coefficient (Wildman–Crippen LogP) is 19.7. The normalized spacial score (nSPS) is 14.0. The fourth-order valence-electron chi connectivity index (χ4n) is 9.67. The number of amides is 1. The van der Waals surface area contributed by atoms with Crippen LogP contribution in [0.4, 0.5) is 0 Å². The Bertz CT molecular complexity index is 1280. The number of phosphoric ester groups is 1. The van der Waals surface area contributed by atoms with Crippen molar-refractivity contribution in [3.05, 3.63) is 36.5 Å². The van der Waals surface area contributed by atoms with Crippen LogP contribution in [0.15, 0.2) is 36.5 Å². The van der Waals surface area contributed by atoms with E-state index in [0.29, 0.717) is 17.4 Å². The molecule has 0 aliphatic rings. The number of carbonyl (C=O) groups is 1. The zero-order valence-corrected chi connectivity index (χ0v) is 50.3. The fraction of sp³-hybridized carbons (Fsp3) is 0.891. The van der Waals surface area contributed by atoms with E-state index in [4.69, 9.17) is 9.05 Å². The Kier molecular flexibility index (Phi) is 54.5. The smallest absolute Gasteiger partial charge is 0.387 e. The summed E-state index contributed by atoms with van der Waals surface area (Å²) in [5.41, 5.74) is 0. The lowest BCUT2D eigenvalue weighted by molar-refractivity contribution is -0.870. The van der Waals surface area contributed by atoms with Crippen molar-refractivity contribution in [1.82, 2.24) is 5.32 Å². The summed E-state index contributed by atoms with van der Waals surface area (Å²) in [6.45, 7) is 4.69. The maximum atomic E-state index is 12.9. The molecule has 73 heavy (non-hydrogen) atoms. The van der Waals surface area contributed by atoms with Crippen LogP contribution in [0.25, 0.3) is 0 Å². The molecule has 0 bridgehead atoms. The molecule has 1 amide bonds. The second-order valence-corrected chi connectivity index (χ2v) is 24.6. The van der Waals surface area contributed by atoms with Gasteiger partial charge in [0.2, 0.25) is 5.91 Å². The molecule has 3 unspecified atom stereocenters. The molecule has 0 aromatic heterocycles. The van der Waals surface area contributed by atoms with Crippen LogP contribution < -0.4 is 5.32 Å². The summed E-state index contributed by atoms with van der Waals surface area (Å²) in [6.07, 6.45) is 73.4. The van der Waals surface area contributed by atoms with Gasteiger partial charge in [-0.1, -0.05) is 307 Å². The van der Waals surface area contributed by atoms with Gasteiger partial charge < -0.3 is 19.8 Å². The van der Waals surface area contributed by atoms with Crippen molar-refractivity contribution in [2.45, 2.75) is 328 Å². The molecular formula is C64H126N2O6P+. The van der Waals surface area contributed by atoms with E-state index >= 15 is 0 Å². The van der Waals surface area contributed by atoms with Crippen LogP contribution in [0.3, 0.4) is 0 Å². The molecule has 0 rings (SSSR count). The van der Waals surface area contributed by atoms with Crippen molar-refractivity contribution >= 4 is 13.7 Å². The molecule has 0 fully saturated rings. The van der Waals surface area contributed by atoms with Gasteiger partial charge in [0.25, 0.3) is 0 Å². The maximum Gasteiger partial charge on any atom is 0.472 e. The average molecular weight is 1050 g/mol. The Morgan fingerprint density at radius 3 is 1.08 bits per heavy atom. The summed E-state index contributed by atoms with van der Waals surface area (Å²) in [5.74, 6) is -0.188. The molecule has 3 atom stereocenters. The standard InChI is InChI=1S/C64H125N2O6P/c1-6-8-10-12-14-16-18-19-20-21-22-23-24-25-26-27-28-29-30-31-32-33-34-35-36-37-38-39-40-41-42-43-44-45-46-47-48-50-52-54-56-58-64(68)65-62(61-72-73(69,70)71-60-59-66(3,4)5)63(67)57-55-53-51-49-17-15-13-11-9-7-2/h9,11,17,49,55,57,62-63,67H,6-8,10,12-16,18-48,50-54,56,58-61H2,1-5H3,(H-,65,68,69,70)/p+1/b11-9+,49-17+,57-55+. The average Bonchev–Trinajstić information content (AvgIpc) is 3.35. The number of hydrogen-bond acceptors (Lipinski definition) is 5.